The standard InChI is InChI=1S/C20H18ClN3O2/c1-13-6-4-7-14(12-13)20(25)24-11-5-10-17(24)19-22-18(23-26-19)15-8-2-3-9-16(15)21/h2-4,6-9,12,17H,5,10-11H2,1H3/t17-/m0/s1. The summed E-state index contributed by atoms with van der Waals surface area (Å²) in [7, 11) is 0. The molecule has 0 aliphatic carbocycles. The lowest BCUT2D eigenvalue weighted by Crippen LogP contribution is -2.30. The highest BCUT2D eigenvalue weighted by molar-refractivity contribution is 6.33. The van der Waals surface area contributed by atoms with E-state index >= 15 is 0 Å². The molecule has 1 atom stereocenters. The van der Waals surface area contributed by atoms with Crippen molar-refractivity contribution < 1.29 is 9.32 Å². The molecule has 0 unspecified atom stereocenters. The van der Waals surface area contributed by atoms with Crippen LogP contribution in [0.15, 0.2) is 53.1 Å². The Bertz CT molecular complexity index is 953. The van der Waals surface area contributed by atoms with E-state index in [1.165, 1.54) is 0 Å². The predicted octanol–water partition coefficient (Wildman–Crippen LogP) is 4.68. The van der Waals surface area contributed by atoms with E-state index in [-0.39, 0.29) is 11.9 Å². The molecule has 0 spiro atoms. The second kappa shape index (κ2) is 6.92. The number of likely N-dealkylation sites (tertiary alicyclic amines) is 1. The van der Waals surface area contributed by atoms with Gasteiger partial charge in [0.2, 0.25) is 11.7 Å². The number of hydrogen-bond acceptors (Lipinski definition) is 4. The molecule has 26 heavy (non-hydrogen) atoms. The first-order valence-electron chi connectivity index (χ1n) is 8.59. The number of benzene rings is 2. The SMILES string of the molecule is Cc1cccc(C(=O)N2CCC[C@H]2c2nc(-c3ccccc3Cl)no2)c1. The molecule has 6 heteroatoms. The number of carbonyl (C=O) groups is 1. The number of halogens is 1. The van der Waals surface area contributed by atoms with Gasteiger partial charge in [-0.1, -0.05) is 46.6 Å². The molecule has 1 aliphatic heterocycles. The van der Waals surface area contributed by atoms with Crippen molar-refractivity contribution in [3.8, 4) is 11.4 Å². The minimum atomic E-state index is -0.202. The van der Waals surface area contributed by atoms with Crippen LogP contribution in [0, 0.1) is 6.92 Å². The summed E-state index contributed by atoms with van der Waals surface area (Å²) in [4.78, 5) is 19.3. The van der Waals surface area contributed by atoms with E-state index < -0.39 is 0 Å². The summed E-state index contributed by atoms with van der Waals surface area (Å²) in [5.74, 6) is 0.896. The van der Waals surface area contributed by atoms with Crippen LogP contribution in [-0.4, -0.2) is 27.5 Å². The van der Waals surface area contributed by atoms with Crippen molar-refractivity contribution in [2.24, 2.45) is 0 Å². The number of rotatable bonds is 3. The van der Waals surface area contributed by atoms with Crippen LogP contribution >= 0.6 is 11.6 Å². The summed E-state index contributed by atoms with van der Waals surface area (Å²) in [5, 5.41) is 4.63. The van der Waals surface area contributed by atoms with Crippen molar-refractivity contribution in [3.05, 3.63) is 70.6 Å². The van der Waals surface area contributed by atoms with Gasteiger partial charge in [0.1, 0.15) is 6.04 Å². The summed E-state index contributed by atoms with van der Waals surface area (Å²) in [5.41, 5.74) is 2.46. The minimum absolute atomic E-state index is 0.00584. The third-order valence-electron chi connectivity index (χ3n) is 4.62. The fourth-order valence-corrected chi connectivity index (χ4v) is 3.55. The van der Waals surface area contributed by atoms with Gasteiger partial charge in [0, 0.05) is 17.7 Å². The third-order valence-corrected chi connectivity index (χ3v) is 4.95. The fraction of sp³-hybridized carbons (Fsp3) is 0.250. The quantitative estimate of drug-likeness (QED) is 0.674. The Morgan fingerprint density at radius 1 is 1.23 bits per heavy atom. The molecule has 5 nitrogen and oxygen atoms in total. The van der Waals surface area contributed by atoms with Gasteiger partial charge in [0.05, 0.1) is 5.02 Å². The van der Waals surface area contributed by atoms with E-state index in [9.17, 15) is 4.79 Å². The molecule has 132 valence electrons. The number of aromatic nitrogens is 2. The van der Waals surface area contributed by atoms with Gasteiger partial charge in [-0.15, -0.1) is 0 Å². The summed E-state index contributed by atoms with van der Waals surface area (Å²) in [6.07, 6.45) is 1.72. The average molecular weight is 368 g/mol. The zero-order chi connectivity index (χ0) is 18.1. The maximum atomic E-state index is 12.9. The molecule has 1 aliphatic rings. The Morgan fingerprint density at radius 2 is 2.08 bits per heavy atom. The molecule has 1 fully saturated rings. The van der Waals surface area contributed by atoms with E-state index in [1.54, 1.807) is 6.07 Å². The fourth-order valence-electron chi connectivity index (χ4n) is 3.33. The summed E-state index contributed by atoms with van der Waals surface area (Å²) < 4.78 is 5.48. The highest BCUT2D eigenvalue weighted by Crippen LogP contribution is 2.34. The molecule has 4 rings (SSSR count). The maximum Gasteiger partial charge on any atom is 0.254 e. The van der Waals surface area contributed by atoms with Crippen LogP contribution in [0.5, 0.6) is 0 Å². The van der Waals surface area contributed by atoms with E-state index in [0.717, 1.165) is 24.0 Å². The predicted molar refractivity (Wildman–Crippen MR) is 98.9 cm³/mol. The van der Waals surface area contributed by atoms with Crippen molar-refractivity contribution >= 4 is 17.5 Å². The topological polar surface area (TPSA) is 59.2 Å². The molecule has 3 aromatic rings. The Labute approximate surface area is 156 Å². The van der Waals surface area contributed by atoms with Gasteiger partial charge in [-0.25, -0.2) is 0 Å². The second-order valence-electron chi connectivity index (χ2n) is 6.46. The van der Waals surface area contributed by atoms with Crippen LogP contribution in [0.25, 0.3) is 11.4 Å². The summed E-state index contributed by atoms with van der Waals surface area (Å²) >= 11 is 6.22. The molecule has 0 saturated carbocycles. The van der Waals surface area contributed by atoms with Crippen LogP contribution in [0.3, 0.4) is 0 Å². The molecule has 0 N–H and O–H groups in total. The number of aryl methyl sites for hydroxylation is 1. The summed E-state index contributed by atoms with van der Waals surface area (Å²) in [6.45, 7) is 2.66. The van der Waals surface area contributed by atoms with Gasteiger partial charge in [-0.2, -0.15) is 4.98 Å². The molecular formula is C20H18ClN3O2. The van der Waals surface area contributed by atoms with E-state index in [1.807, 2.05) is 54.3 Å². The maximum absolute atomic E-state index is 12.9. The van der Waals surface area contributed by atoms with Crippen LogP contribution in [0.2, 0.25) is 5.02 Å². The number of amides is 1. The van der Waals surface area contributed by atoms with Crippen LogP contribution < -0.4 is 0 Å². The van der Waals surface area contributed by atoms with Gasteiger partial charge in [-0.3, -0.25) is 4.79 Å². The van der Waals surface area contributed by atoms with E-state index in [0.29, 0.717) is 28.8 Å². The summed E-state index contributed by atoms with van der Waals surface area (Å²) in [6, 6.07) is 14.8. The smallest absolute Gasteiger partial charge is 0.254 e. The molecule has 0 bridgehead atoms. The minimum Gasteiger partial charge on any atom is -0.337 e. The van der Waals surface area contributed by atoms with Gasteiger partial charge in [0.25, 0.3) is 5.91 Å². The molecule has 1 saturated heterocycles. The zero-order valence-electron chi connectivity index (χ0n) is 14.4. The first-order chi connectivity index (χ1) is 12.6. The highest BCUT2D eigenvalue weighted by atomic mass is 35.5. The second-order valence-corrected chi connectivity index (χ2v) is 6.87. The van der Waals surface area contributed by atoms with Crippen molar-refractivity contribution in [1.82, 2.24) is 15.0 Å². The Morgan fingerprint density at radius 3 is 2.88 bits per heavy atom. The lowest BCUT2D eigenvalue weighted by molar-refractivity contribution is 0.0710. The number of hydrogen-bond donors (Lipinski definition) is 0. The first kappa shape index (κ1) is 16.8. The largest absolute Gasteiger partial charge is 0.337 e. The van der Waals surface area contributed by atoms with Crippen LogP contribution in [0.4, 0.5) is 0 Å². The molecule has 2 aromatic carbocycles. The van der Waals surface area contributed by atoms with Gasteiger partial charge in [0.15, 0.2) is 0 Å². The Kier molecular flexibility index (Phi) is 4.47. The van der Waals surface area contributed by atoms with Gasteiger partial charge >= 0.3 is 0 Å². The van der Waals surface area contributed by atoms with Crippen molar-refractivity contribution in [1.29, 1.82) is 0 Å². The molecule has 2 heterocycles. The lowest BCUT2D eigenvalue weighted by Gasteiger charge is -2.22. The molecular weight excluding hydrogens is 350 g/mol. The molecule has 1 aromatic heterocycles. The third kappa shape index (κ3) is 3.10. The first-order valence-corrected chi connectivity index (χ1v) is 8.97. The zero-order valence-corrected chi connectivity index (χ0v) is 15.1. The van der Waals surface area contributed by atoms with E-state index in [2.05, 4.69) is 10.1 Å². The van der Waals surface area contributed by atoms with Crippen LogP contribution in [0.1, 0.15) is 40.7 Å². The monoisotopic (exact) mass is 367 g/mol. The number of carbonyl (C=O) groups excluding carboxylic acids is 1. The van der Waals surface area contributed by atoms with Gasteiger partial charge in [-0.05, 0) is 44.0 Å². The van der Waals surface area contributed by atoms with E-state index in [4.69, 9.17) is 16.1 Å². The molecule has 1 amide bonds. The normalized spacial score (nSPS) is 16.8. The van der Waals surface area contributed by atoms with Crippen LogP contribution in [-0.2, 0) is 0 Å². The van der Waals surface area contributed by atoms with Gasteiger partial charge < -0.3 is 9.42 Å². The Balaban J connectivity index is 1.61. The number of nitrogens with zero attached hydrogens (tertiary/aromatic N) is 3. The van der Waals surface area contributed by atoms with Crippen molar-refractivity contribution in [3.63, 3.8) is 0 Å². The van der Waals surface area contributed by atoms with Crippen molar-refractivity contribution in [2.75, 3.05) is 6.54 Å². The average Bonchev–Trinajstić information content (AvgIpc) is 3.30. The lowest BCUT2D eigenvalue weighted by atomic mass is 10.1. The molecule has 0 radical (unpaired) electrons. The highest BCUT2D eigenvalue weighted by Gasteiger charge is 2.34. The Hall–Kier alpha value is -2.66. The van der Waals surface area contributed by atoms with Crippen molar-refractivity contribution in [2.45, 2.75) is 25.8 Å².